The summed E-state index contributed by atoms with van der Waals surface area (Å²) >= 11 is 0. The van der Waals surface area contributed by atoms with E-state index in [-0.39, 0.29) is 0 Å². The summed E-state index contributed by atoms with van der Waals surface area (Å²) in [6.07, 6.45) is 5.49. The lowest BCUT2D eigenvalue weighted by Crippen LogP contribution is -2.46. The number of anilines is 1. The molecule has 3 aromatic rings. The summed E-state index contributed by atoms with van der Waals surface area (Å²) < 4.78 is 0. The zero-order valence-corrected chi connectivity index (χ0v) is 14.5. The number of hydrogen-bond acceptors (Lipinski definition) is 6. The minimum absolute atomic E-state index is 0.489. The molecule has 0 bridgehead atoms. The van der Waals surface area contributed by atoms with Crippen LogP contribution >= 0.6 is 0 Å². The van der Waals surface area contributed by atoms with Gasteiger partial charge in [0.15, 0.2) is 0 Å². The van der Waals surface area contributed by atoms with Crippen molar-refractivity contribution in [2.24, 2.45) is 0 Å². The van der Waals surface area contributed by atoms with Crippen molar-refractivity contribution in [2.45, 2.75) is 6.54 Å². The molecule has 0 aliphatic carbocycles. The van der Waals surface area contributed by atoms with Crippen molar-refractivity contribution in [1.29, 1.82) is 0 Å². The van der Waals surface area contributed by atoms with Gasteiger partial charge in [0.2, 0.25) is 0 Å². The standard InChI is InChI=1S/C19H21BN4O2/c25-20(26)16-1-2-18-17(13-16)19(5-8-22-18)24-11-9-23(10-12-24)14-15-3-6-21-7-4-15/h1-8,13,25-26H,9-12,14H2. The van der Waals surface area contributed by atoms with Gasteiger partial charge in [0.1, 0.15) is 0 Å². The topological polar surface area (TPSA) is 72.7 Å². The predicted octanol–water partition coefficient (Wildman–Crippen LogP) is 0.632. The van der Waals surface area contributed by atoms with E-state index in [4.69, 9.17) is 0 Å². The van der Waals surface area contributed by atoms with E-state index >= 15 is 0 Å². The van der Waals surface area contributed by atoms with E-state index in [1.807, 2.05) is 36.8 Å². The van der Waals surface area contributed by atoms with Crippen molar-refractivity contribution < 1.29 is 10.0 Å². The number of piperazine rings is 1. The maximum atomic E-state index is 9.47. The molecule has 6 nitrogen and oxygen atoms in total. The fourth-order valence-corrected chi connectivity index (χ4v) is 3.48. The third-order valence-electron chi connectivity index (χ3n) is 4.91. The van der Waals surface area contributed by atoms with E-state index in [1.165, 1.54) is 5.56 Å². The maximum Gasteiger partial charge on any atom is 0.488 e. The van der Waals surface area contributed by atoms with Crippen molar-refractivity contribution in [3.05, 3.63) is 60.6 Å². The van der Waals surface area contributed by atoms with Crippen molar-refractivity contribution in [1.82, 2.24) is 14.9 Å². The molecule has 0 radical (unpaired) electrons. The third kappa shape index (κ3) is 3.55. The molecule has 3 heterocycles. The van der Waals surface area contributed by atoms with Gasteiger partial charge in [-0.15, -0.1) is 0 Å². The first-order chi connectivity index (χ1) is 12.7. The second-order valence-electron chi connectivity index (χ2n) is 6.60. The van der Waals surface area contributed by atoms with Crippen LogP contribution in [0.2, 0.25) is 0 Å². The molecule has 0 saturated carbocycles. The molecule has 0 unspecified atom stereocenters. The summed E-state index contributed by atoms with van der Waals surface area (Å²) in [4.78, 5) is 13.3. The number of aromatic nitrogens is 2. The Morgan fingerprint density at radius 1 is 0.923 bits per heavy atom. The fraction of sp³-hybridized carbons (Fsp3) is 0.263. The van der Waals surface area contributed by atoms with Gasteiger partial charge in [-0.05, 0) is 35.3 Å². The van der Waals surface area contributed by atoms with Crippen LogP contribution in [0.4, 0.5) is 5.69 Å². The van der Waals surface area contributed by atoms with E-state index in [0.717, 1.165) is 49.3 Å². The molecule has 1 aliphatic rings. The number of pyridine rings is 2. The van der Waals surface area contributed by atoms with Gasteiger partial charge in [-0.3, -0.25) is 14.9 Å². The molecule has 2 aromatic heterocycles. The van der Waals surface area contributed by atoms with E-state index in [0.29, 0.717) is 5.46 Å². The van der Waals surface area contributed by atoms with Crippen LogP contribution in [0.15, 0.2) is 55.0 Å². The van der Waals surface area contributed by atoms with Gasteiger partial charge in [0.25, 0.3) is 0 Å². The van der Waals surface area contributed by atoms with E-state index in [9.17, 15) is 10.0 Å². The molecular weight excluding hydrogens is 327 g/mol. The van der Waals surface area contributed by atoms with Gasteiger partial charge >= 0.3 is 7.12 Å². The largest absolute Gasteiger partial charge is 0.488 e. The highest BCUT2D eigenvalue weighted by molar-refractivity contribution is 6.59. The third-order valence-corrected chi connectivity index (χ3v) is 4.91. The Kier molecular flexibility index (Phi) is 4.84. The second kappa shape index (κ2) is 7.41. The zero-order chi connectivity index (χ0) is 17.9. The SMILES string of the molecule is OB(O)c1ccc2nccc(N3CCN(Cc4ccncc4)CC3)c2c1. The summed E-state index contributed by atoms with van der Waals surface area (Å²) in [5.41, 5.74) is 3.74. The lowest BCUT2D eigenvalue weighted by molar-refractivity contribution is 0.250. The molecule has 1 aliphatic heterocycles. The molecule has 0 spiro atoms. The highest BCUT2D eigenvalue weighted by Crippen LogP contribution is 2.26. The van der Waals surface area contributed by atoms with Gasteiger partial charge in [0, 0.05) is 62.4 Å². The Bertz CT molecular complexity index is 883. The minimum atomic E-state index is -1.47. The molecule has 1 fully saturated rings. The number of hydrogen-bond donors (Lipinski definition) is 2. The first-order valence-electron chi connectivity index (χ1n) is 8.82. The number of fused-ring (bicyclic) bond motifs is 1. The molecule has 0 atom stereocenters. The summed E-state index contributed by atoms with van der Waals surface area (Å²) in [6, 6.07) is 11.5. The van der Waals surface area contributed by atoms with Crippen molar-refractivity contribution in [3.63, 3.8) is 0 Å². The zero-order valence-electron chi connectivity index (χ0n) is 14.5. The molecule has 7 heteroatoms. The Balaban J connectivity index is 1.51. The summed E-state index contributed by atoms with van der Waals surface area (Å²) in [6.45, 7) is 4.75. The average Bonchev–Trinajstić information content (AvgIpc) is 2.68. The van der Waals surface area contributed by atoms with Crippen molar-refractivity contribution in [3.8, 4) is 0 Å². The molecule has 0 amide bonds. The summed E-state index contributed by atoms with van der Waals surface area (Å²) in [7, 11) is -1.47. The Labute approximate surface area is 152 Å². The molecule has 132 valence electrons. The highest BCUT2D eigenvalue weighted by atomic mass is 16.4. The van der Waals surface area contributed by atoms with Crippen LogP contribution in [-0.2, 0) is 6.54 Å². The van der Waals surface area contributed by atoms with Crippen LogP contribution in [0.5, 0.6) is 0 Å². The van der Waals surface area contributed by atoms with Crippen LogP contribution in [-0.4, -0.2) is 58.2 Å². The lowest BCUT2D eigenvalue weighted by Gasteiger charge is -2.36. The normalized spacial score (nSPS) is 15.4. The molecule has 1 aromatic carbocycles. The Morgan fingerprint density at radius 2 is 1.69 bits per heavy atom. The Morgan fingerprint density at radius 3 is 2.42 bits per heavy atom. The van der Waals surface area contributed by atoms with Gasteiger partial charge in [0.05, 0.1) is 5.52 Å². The predicted molar refractivity (Wildman–Crippen MR) is 103 cm³/mol. The van der Waals surface area contributed by atoms with Gasteiger partial charge in [-0.1, -0.05) is 12.1 Å². The monoisotopic (exact) mass is 348 g/mol. The van der Waals surface area contributed by atoms with Crippen LogP contribution in [0.25, 0.3) is 10.9 Å². The molecular formula is C19H21BN4O2. The fourth-order valence-electron chi connectivity index (χ4n) is 3.48. The van der Waals surface area contributed by atoms with E-state index in [2.05, 4.69) is 31.9 Å². The summed E-state index contributed by atoms with van der Waals surface area (Å²) in [5.74, 6) is 0. The van der Waals surface area contributed by atoms with E-state index < -0.39 is 7.12 Å². The van der Waals surface area contributed by atoms with Crippen LogP contribution in [0.1, 0.15) is 5.56 Å². The van der Waals surface area contributed by atoms with Crippen LogP contribution in [0, 0.1) is 0 Å². The minimum Gasteiger partial charge on any atom is -0.423 e. The first-order valence-corrected chi connectivity index (χ1v) is 8.82. The number of nitrogens with zero attached hydrogens (tertiary/aromatic N) is 4. The smallest absolute Gasteiger partial charge is 0.423 e. The molecule has 4 rings (SSSR count). The number of benzene rings is 1. The van der Waals surface area contributed by atoms with Gasteiger partial charge < -0.3 is 14.9 Å². The maximum absolute atomic E-state index is 9.47. The Hall–Kier alpha value is -2.48. The summed E-state index contributed by atoms with van der Waals surface area (Å²) in [5, 5.41) is 19.9. The van der Waals surface area contributed by atoms with Crippen LogP contribution < -0.4 is 10.4 Å². The van der Waals surface area contributed by atoms with Crippen molar-refractivity contribution in [2.75, 3.05) is 31.1 Å². The van der Waals surface area contributed by atoms with Crippen molar-refractivity contribution >= 4 is 29.2 Å². The van der Waals surface area contributed by atoms with Gasteiger partial charge in [-0.25, -0.2) is 0 Å². The second-order valence-corrected chi connectivity index (χ2v) is 6.60. The molecule has 26 heavy (non-hydrogen) atoms. The highest BCUT2D eigenvalue weighted by Gasteiger charge is 2.20. The average molecular weight is 348 g/mol. The van der Waals surface area contributed by atoms with Gasteiger partial charge in [-0.2, -0.15) is 0 Å². The molecule has 2 N–H and O–H groups in total. The first kappa shape index (κ1) is 17.0. The van der Waals surface area contributed by atoms with Crippen LogP contribution in [0.3, 0.4) is 0 Å². The lowest BCUT2D eigenvalue weighted by atomic mass is 9.79. The van der Waals surface area contributed by atoms with E-state index in [1.54, 1.807) is 6.07 Å². The quantitative estimate of drug-likeness (QED) is 0.674. The number of rotatable bonds is 4. The molecule has 1 saturated heterocycles.